The molecule has 0 spiro atoms. The van der Waals surface area contributed by atoms with Gasteiger partial charge in [-0.05, 0) is 13.0 Å². The predicted octanol–water partition coefficient (Wildman–Crippen LogP) is 0.972. The van der Waals surface area contributed by atoms with Crippen molar-refractivity contribution in [3.63, 3.8) is 0 Å². The molecule has 0 aliphatic carbocycles. The Morgan fingerprint density at radius 1 is 1.41 bits per heavy atom. The number of aryl methyl sites for hydroxylation is 2. The van der Waals surface area contributed by atoms with Gasteiger partial charge in [0.2, 0.25) is 5.91 Å². The maximum atomic E-state index is 12.4. The molecule has 116 valence electrons. The van der Waals surface area contributed by atoms with Crippen LogP contribution < -0.4 is 0 Å². The zero-order valence-electron chi connectivity index (χ0n) is 12.6. The molecule has 1 saturated heterocycles. The second-order valence-electron chi connectivity index (χ2n) is 5.28. The minimum Gasteiger partial charge on any atom is -0.368 e. The normalized spacial score (nSPS) is 18.4. The molecule has 3 heterocycles. The van der Waals surface area contributed by atoms with E-state index in [1.165, 1.54) is 0 Å². The van der Waals surface area contributed by atoms with Crippen molar-refractivity contribution in [3.05, 3.63) is 42.2 Å². The number of carbonyl (C=O) groups is 1. The largest absolute Gasteiger partial charge is 0.368 e. The number of ether oxygens (including phenoxy) is 1. The molecule has 2 aromatic heterocycles. The number of morpholine rings is 1. The molecule has 1 fully saturated rings. The standard InChI is InChI=1S/C15H19N5O2/c1-12-2-4-18-20(12)7-3-15(21)19-8-9-22-14(11-19)13-10-16-5-6-17-13/h2,4-6,10,14H,3,7-9,11H2,1H3/t14-/m1/s1. The van der Waals surface area contributed by atoms with Gasteiger partial charge in [0.25, 0.3) is 0 Å². The molecule has 0 N–H and O–H groups in total. The molecule has 1 atom stereocenters. The van der Waals surface area contributed by atoms with Crippen LogP contribution in [0, 0.1) is 6.92 Å². The fourth-order valence-corrected chi connectivity index (χ4v) is 2.52. The minimum absolute atomic E-state index is 0.118. The van der Waals surface area contributed by atoms with E-state index in [1.54, 1.807) is 24.8 Å². The molecule has 7 heteroatoms. The summed E-state index contributed by atoms with van der Waals surface area (Å²) in [7, 11) is 0. The third kappa shape index (κ3) is 3.30. The zero-order valence-corrected chi connectivity index (χ0v) is 12.6. The number of amides is 1. The van der Waals surface area contributed by atoms with Crippen molar-refractivity contribution in [1.29, 1.82) is 0 Å². The maximum absolute atomic E-state index is 12.4. The molecule has 0 radical (unpaired) electrons. The van der Waals surface area contributed by atoms with Gasteiger partial charge in [0, 0.05) is 43.8 Å². The van der Waals surface area contributed by atoms with Gasteiger partial charge in [-0.3, -0.25) is 19.4 Å². The Morgan fingerprint density at radius 3 is 3.05 bits per heavy atom. The van der Waals surface area contributed by atoms with E-state index >= 15 is 0 Å². The number of rotatable bonds is 4. The summed E-state index contributed by atoms with van der Waals surface area (Å²) in [5.41, 5.74) is 1.83. The van der Waals surface area contributed by atoms with E-state index in [9.17, 15) is 4.79 Å². The Kier molecular flexibility index (Phi) is 4.43. The highest BCUT2D eigenvalue weighted by molar-refractivity contribution is 5.76. The van der Waals surface area contributed by atoms with Gasteiger partial charge in [0.15, 0.2) is 0 Å². The lowest BCUT2D eigenvalue weighted by Crippen LogP contribution is -2.42. The smallest absolute Gasteiger partial charge is 0.224 e. The molecular weight excluding hydrogens is 282 g/mol. The molecular formula is C15H19N5O2. The third-order valence-corrected chi connectivity index (χ3v) is 3.80. The van der Waals surface area contributed by atoms with Crippen LogP contribution in [0.2, 0.25) is 0 Å². The first-order chi connectivity index (χ1) is 10.7. The highest BCUT2D eigenvalue weighted by Gasteiger charge is 2.26. The van der Waals surface area contributed by atoms with Gasteiger partial charge in [-0.2, -0.15) is 5.10 Å². The molecule has 0 saturated carbocycles. The van der Waals surface area contributed by atoms with Gasteiger partial charge >= 0.3 is 0 Å². The van der Waals surface area contributed by atoms with Gasteiger partial charge in [0.1, 0.15) is 6.10 Å². The fourth-order valence-electron chi connectivity index (χ4n) is 2.52. The molecule has 1 aliphatic heterocycles. The quantitative estimate of drug-likeness (QED) is 0.841. The van der Waals surface area contributed by atoms with Crippen molar-refractivity contribution in [2.45, 2.75) is 26.0 Å². The summed E-state index contributed by atoms with van der Waals surface area (Å²) >= 11 is 0. The van der Waals surface area contributed by atoms with E-state index in [0.717, 1.165) is 11.4 Å². The first kappa shape index (κ1) is 14.6. The maximum Gasteiger partial charge on any atom is 0.224 e. The predicted molar refractivity (Wildman–Crippen MR) is 78.9 cm³/mol. The van der Waals surface area contributed by atoms with E-state index in [2.05, 4.69) is 15.1 Å². The van der Waals surface area contributed by atoms with Gasteiger partial charge in [-0.15, -0.1) is 0 Å². The van der Waals surface area contributed by atoms with Gasteiger partial charge in [0.05, 0.1) is 25.0 Å². The van der Waals surface area contributed by atoms with Crippen LogP contribution in [0.5, 0.6) is 0 Å². The monoisotopic (exact) mass is 301 g/mol. The summed E-state index contributed by atoms with van der Waals surface area (Å²) in [6.07, 6.45) is 6.94. The molecule has 22 heavy (non-hydrogen) atoms. The van der Waals surface area contributed by atoms with Crippen molar-refractivity contribution in [3.8, 4) is 0 Å². The molecule has 0 unspecified atom stereocenters. The third-order valence-electron chi connectivity index (χ3n) is 3.80. The number of hydrogen-bond donors (Lipinski definition) is 0. The zero-order chi connectivity index (χ0) is 15.4. The molecule has 2 aromatic rings. The van der Waals surface area contributed by atoms with Crippen LogP contribution in [0.3, 0.4) is 0 Å². The van der Waals surface area contributed by atoms with Crippen molar-refractivity contribution in [2.75, 3.05) is 19.7 Å². The van der Waals surface area contributed by atoms with E-state index in [-0.39, 0.29) is 12.0 Å². The first-order valence-electron chi connectivity index (χ1n) is 7.38. The van der Waals surface area contributed by atoms with E-state index in [0.29, 0.717) is 32.7 Å². The Bertz CT molecular complexity index is 628. The van der Waals surface area contributed by atoms with Crippen LogP contribution in [0.1, 0.15) is 23.9 Å². The van der Waals surface area contributed by atoms with E-state index in [4.69, 9.17) is 4.74 Å². The second-order valence-corrected chi connectivity index (χ2v) is 5.28. The molecule has 1 aliphatic rings. The lowest BCUT2D eigenvalue weighted by atomic mass is 10.2. The van der Waals surface area contributed by atoms with Crippen LogP contribution in [0.4, 0.5) is 0 Å². The van der Waals surface area contributed by atoms with Crippen molar-refractivity contribution < 1.29 is 9.53 Å². The molecule has 7 nitrogen and oxygen atoms in total. The highest BCUT2D eigenvalue weighted by atomic mass is 16.5. The summed E-state index contributed by atoms with van der Waals surface area (Å²) in [4.78, 5) is 22.5. The van der Waals surface area contributed by atoms with Gasteiger partial charge in [-0.1, -0.05) is 0 Å². The van der Waals surface area contributed by atoms with Gasteiger partial charge in [-0.25, -0.2) is 0 Å². The Hall–Kier alpha value is -2.28. The SMILES string of the molecule is Cc1ccnn1CCC(=O)N1CCO[C@@H](c2cnccn2)C1. The summed E-state index contributed by atoms with van der Waals surface area (Å²) < 4.78 is 7.55. The number of nitrogens with zero attached hydrogens (tertiary/aromatic N) is 5. The summed E-state index contributed by atoms with van der Waals surface area (Å²) in [5.74, 6) is 0.118. The summed E-state index contributed by atoms with van der Waals surface area (Å²) in [6, 6.07) is 1.93. The van der Waals surface area contributed by atoms with Crippen LogP contribution in [-0.4, -0.2) is 50.3 Å². The Balaban J connectivity index is 1.57. The fraction of sp³-hybridized carbons (Fsp3) is 0.467. The second kappa shape index (κ2) is 6.65. The molecule has 0 bridgehead atoms. The average Bonchev–Trinajstić information content (AvgIpc) is 2.99. The molecule has 0 aromatic carbocycles. The number of aromatic nitrogens is 4. The number of hydrogen-bond acceptors (Lipinski definition) is 5. The average molecular weight is 301 g/mol. The van der Waals surface area contributed by atoms with Crippen molar-refractivity contribution in [2.24, 2.45) is 0 Å². The van der Waals surface area contributed by atoms with E-state index < -0.39 is 0 Å². The Labute approximate surface area is 128 Å². The lowest BCUT2D eigenvalue weighted by Gasteiger charge is -2.32. The van der Waals surface area contributed by atoms with Crippen LogP contribution in [0.15, 0.2) is 30.9 Å². The number of carbonyl (C=O) groups excluding carboxylic acids is 1. The highest BCUT2D eigenvalue weighted by Crippen LogP contribution is 2.20. The lowest BCUT2D eigenvalue weighted by molar-refractivity contribution is -0.139. The minimum atomic E-state index is -0.196. The van der Waals surface area contributed by atoms with Crippen LogP contribution >= 0.6 is 0 Å². The van der Waals surface area contributed by atoms with E-state index in [1.807, 2.05) is 22.6 Å². The van der Waals surface area contributed by atoms with Crippen molar-refractivity contribution in [1.82, 2.24) is 24.6 Å². The molecule has 3 rings (SSSR count). The first-order valence-corrected chi connectivity index (χ1v) is 7.38. The van der Waals surface area contributed by atoms with Crippen LogP contribution in [0.25, 0.3) is 0 Å². The summed E-state index contributed by atoms with van der Waals surface area (Å²) in [5, 5.41) is 4.20. The van der Waals surface area contributed by atoms with Crippen molar-refractivity contribution >= 4 is 5.91 Å². The topological polar surface area (TPSA) is 73.1 Å². The van der Waals surface area contributed by atoms with Crippen LogP contribution in [-0.2, 0) is 16.1 Å². The Morgan fingerprint density at radius 2 is 2.32 bits per heavy atom. The summed E-state index contributed by atoms with van der Waals surface area (Å²) in [6.45, 7) is 4.25. The van der Waals surface area contributed by atoms with Gasteiger partial charge < -0.3 is 9.64 Å². The molecule has 1 amide bonds.